The molecule has 1 N–H and O–H groups in total. The van der Waals surface area contributed by atoms with Gasteiger partial charge in [0.15, 0.2) is 5.41 Å². The number of carboxylic acids is 1. The van der Waals surface area contributed by atoms with Crippen LogP contribution in [0.25, 0.3) is 0 Å². The number of hydrogen-bond donors (Lipinski definition) is 1. The van der Waals surface area contributed by atoms with Crippen molar-refractivity contribution in [2.24, 2.45) is 17.3 Å². The minimum atomic E-state index is -1.61. The van der Waals surface area contributed by atoms with Crippen molar-refractivity contribution in [3.05, 3.63) is 0 Å². The zero-order valence-electron chi connectivity index (χ0n) is 10.7. The number of aliphatic carboxylic acids is 1. The Morgan fingerprint density at radius 1 is 1.41 bits per heavy atom. The first-order valence-corrected chi connectivity index (χ1v) is 5.69. The van der Waals surface area contributed by atoms with Crippen molar-refractivity contribution in [1.82, 2.24) is 0 Å². The molecule has 0 aromatic carbocycles. The molecule has 0 radical (unpaired) electrons. The third-order valence-electron chi connectivity index (χ3n) is 2.96. The van der Waals surface area contributed by atoms with Gasteiger partial charge in [0, 0.05) is 0 Å². The van der Waals surface area contributed by atoms with Gasteiger partial charge < -0.3 is 9.84 Å². The lowest BCUT2D eigenvalue weighted by Gasteiger charge is -2.32. The number of ether oxygens (including phenoxy) is 1. The van der Waals surface area contributed by atoms with Crippen LogP contribution in [0.4, 0.5) is 0 Å². The Balaban J connectivity index is 5.59. The van der Waals surface area contributed by atoms with Crippen LogP contribution in [-0.2, 0) is 14.3 Å². The molecule has 5 nitrogen and oxygen atoms in total. The summed E-state index contributed by atoms with van der Waals surface area (Å²) >= 11 is 0. The normalized spacial score (nSPS) is 15.8. The van der Waals surface area contributed by atoms with Crippen molar-refractivity contribution in [1.29, 1.82) is 5.26 Å². The second-order valence-electron chi connectivity index (χ2n) is 4.16. The van der Waals surface area contributed by atoms with E-state index in [-0.39, 0.29) is 13.0 Å². The summed E-state index contributed by atoms with van der Waals surface area (Å²) in [6, 6.07) is 1.88. The van der Waals surface area contributed by atoms with Crippen LogP contribution in [0.3, 0.4) is 0 Å². The van der Waals surface area contributed by atoms with Crippen LogP contribution in [0.1, 0.15) is 34.1 Å². The highest BCUT2D eigenvalue weighted by atomic mass is 16.5. The molecule has 0 aromatic rings. The van der Waals surface area contributed by atoms with Gasteiger partial charge in [-0.15, -0.1) is 0 Å². The summed E-state index contributed by atoms with van der Waals surface area (Å²) < 4.78 is 4.87. The molecule has 17 heavy (non-hydrogen) atoms. The van der Waals surface area contributed by atoms with Crippen molar-refractivity contribution in [2.75, 3.05) is 6.61 Å². The second kappa shape index (κ2) is 6.24. The van der Waals surface area contributed by atoms with Crippen molar-refractivity contribution < 1.29 is 19.4 Å². The molecule has 0 saturated carbocycles. The second-order valence-corrected chi connectivity index (χ2v) is 4.16. The number of rotatable bonds is 6. The van der Waals surface area contributed by atoms with E-state index in [1.165, 1.54) is 0 Å². The number of esters is 1. The Morgan fingerprint density at radius 2 is 1.94 bits per heavy atom. The fourth-order valence-electron chi connectivity index (χ4n) is 1.97. The number of carboxylic acid groups (broad SMARTS) is 1. The smallest absolute Gasteiger partial charge is 0.327 e. The van der Waals surface area contributed by atoms with Crippen LogP contribution >= 0.6 is 0 Å². The lowest BCUT2D eigenvalue weighted by molar-refractivity contribution is -0.165. The van der Waals surface area contributed by atoms with Crippen LogP contribution in [0.2, 0.25) is 0 Å². The van der Waals surface area contributed by atoms with Crippen LogP contribution in [0.5, 0.6) is 0 Å². The van der Waals surface area contributed by atoms with Gasteiger partial charge in [0.05, 0.1) is 18.6 Å². The number of nitrogens with zero attached hydrogens (tertiary/aromatic N) is 1. The van der Waals surface area contributed by atoms with Gasteiger partial charge >= 0.3 is 11.9 Å². The molecule has 0 aliphatic heterocycles. The van der Waals surface area contributed by atoms with E-state index in [4.69, 9.17) is 9.84 Å². The first kappa shape index (κ1) is 15.4. The molecule has 0 heterocycles. The minimum absolute atomic E-state index is 0.130. The largest absolute Gasteiger partial charge is 0.481 e. The molecule has 0 saturated heterocycles. The fraction of sp³-hybridized carbons (Fsp3) is 0.750. The Hall–Kier alpha value is -1.57. The summed E-state index contributed by atoms with van der Waals surface area (Å²) in [7, 11) is 0. The maximum absolute atomic E-state index is 11.9. The topological polar surface area (TPSA) is 87.4 Å². The van der Waals surface area contributed by atoms with E-state index in [2.05, 4.69) is 0 Å². The van der Waals surface area contributed by atoms with Gasteiger partial charge in [-0.05, 0) is 19.3 Å². The lowest BCUT2D eigenvalue weighted by Crippen LogP contribution is -2.46. The monoisotopic (exact) mass is 241 g/mol. The molecule has 2 unspecified atom stereocenters. The summed E-state index contributed by atoms with van der Waals surface area (Å²) in [6.07, 6.45) is 0.208. The highest BCUT2D eigenvalue weighted by Gasteiger charge is 2.52. The predicted octanol–water partition coefficient (Wildman–Crippen LogP) is 1.83. The molecular formula is C12H19NO4. The molecule has 0 rings (SSSR count). The molecule has 0 amide bonds. The average molecular weight is 241 g/mol. The quantitative estimate of drug-likeness (QED) is 0.717. The standard InChI is InChI=1S/C12H19NO4/c1-5-9(10(14)15)12(7-13,8(3)4)11(16)17-6-2/h8-9H,5-6H2,1-4H3,(H,14,15). The molecule has 0 aliphatic rings. The van der Waals surface area contributed by atoms with Crippen LogP contribution < -0.4 is 0 Å². The molecule has 2 atom stereocenters. The maximum atomic E-state index is 11.9. The van der Waals surface area contributed by atoms with E-state index in [1.807, 2.05) is 6.07 Å². The number of carbonyl (C=O) groups excluding carboxylic acids is 1. The van der Waals surface area contributed by atoms with Crippen LogP contribution in [-0.4, -0.2) is 23.7 Å². The maximum Gasteiger partial charge on any atom is 0.327 e. The zero-order chi connectivity index (χ0) is 13.6. The van der Waals surface area contributed by atoms with E-state index >= 15 is 0 Å². The lowest BCUT2D eigenvalue weighted by atomic mass is 9.67. The van der Waals surface area contributed by atoms with Crippen molar-refractivity contribution in [3.63, 3.8) is 0 Å². The molecule has 96 valence electrons. The molecule has 0 fully saturated rings. The molecule has 0 bridgehead atoms. The van der Waals surface area contributed by atoms with Gasteiger partial charge in [-0.25, -0.2) is 0 Å². The van der Waals surface area contributed by atoms with Gasteiger partial charge in [0.2, 0.25) is 0 Å². The van der Waals surface area contributed by atoms with Crippen molar-refractivity contribution >= 4 is 11.9 Å². The van der Waals surface area contributed by atoms with Gasteiger partial charge in [0.25, 0.3) is 0 Å². The first-order valence-electron chi connectivity index (χ1n) is 5.69. The minimum Gasteiger partial charge on any atom is -0.481 e. The number of nitriles is 1. The van der Waals surface area contributed by atoms with Crippen molar-refractivity contribution in [3.8, 4) is 6.07 Å². The molecule has 0 aliphatic carbocycles. The molecule has 0 spiro atoms. The highest BCUT2D eigenvalue weighted by molar-refractivity contribution is 5.87. The summed E-state index contributed by atoms with van der Waals surface area (Å²) in [5.41, 5.74) is -1.61. The summed E-state index contributed by atoms with van der Waals surface area (Å²) in [5, 5.41) is 18.4. The molecule has 0 aromatic heterocycles. The van der Waals surface area contributed by atoms with E-state index in [1.54, 1.807) is 27.7 Å². The fourth-order valence-corrected chi connectivity index (χ4v) is 1.97. The van der Waals surface area contributed by atoms with E-state index in [9.17, 15) is 14.9 Å². The Kier molecular flexibility index (Phi) is 5.66. The third-order valence-corrected chi connectivity index (χ3v) is 2.96. The molecule has 5 heteroatoms. The summed E-state index contributed by atoms with van der Waals surface area (Å²) in [5.74, 6) is -3.36. The Bertz CT molecular complexity index is 332. The molecular weight excluding hydrogens is 222 g/mol. The first-order chi connectivity index (χ1) is 7.88. The van der Waals surface area contributed by atoms with Gasteiger partial charge in [-0.2, -0.15) is 5.26 Å². The van der Waals surface area contributed by atoms with E-state index in [0.29, 0.717) is 0 Å². The summed E-state index contributed by atoms with van der Waals surface area (Å²) in [6.45, 7) is 6.72. The van der Waals surface area contributed by atoms with Crippen LogP contribution in [0.15, 0.2) is 0 Å². The zero-order valence-corrected chi connectivity index (χ0v) is 10.7. The number of carbonyl (C=O) groups is 2. The van der Waals surface area contributed by atoms with Gasteiger partial charge in [0.1, 0.15) is 0 Å². The predicted molar refractivity (Wildman–Crippen MR) is 60.9 cm³/mol. The van der Waals surface area contributed by atoms with Gasteiger partial charge in [-0.3, -0.25) is 9.59 Å². The van der Waals surface area contributed by atoms with E-state index < -0.39 is 29.2 Å². The summed E-state index contributed by atoms with van der Waals surface area (Å²) in [4.78, 5) is 23.1. The number of hydrogen-bond acceptors (Lipinski definition) is 4. The SMILES string of the molecule is CCOC(=O)C(C#N)(C(C)C)C(CC)C(=O)O. The van der Waals surface area contributed by atoms with E-state index in [0.717, 1.165) is 0 Å². The Morgan fingerprint density at radius 3 is 2.18 bits per heavy atom. The Labute approximate surface area is 101 Å². The third kappa shape index (κ3) is 2.76. The van der Waals surface area contributed by atoms with Crippen molar-refractivity contribution in [2.45, 2.75) is 34.1 Å². The average Bonchev–Trinajstić information content (AvgIpc) is 2.24. The highest BCUT2D eigenvalue weighted by Crippen LogP contribution is 2.39. The van der Waals surface area contributed by atoms with Crippen LogP contribution in [0, 0.1) is 28.6 Å². The van der Waals surface area contributed by atoms with Gasteiger partial charge in [-0.1, -0.05) is 20.8 Å².